The summed E-state index contributed by atoms with van der Waals surface area (Å²) >= 11 is 3.29. The van der Waals surface area contributed by atoms with Gasteiger partial charge in [0.05, 0.1) is 12.2 Å². The highest BCUT2D eigenvalue weighted by atomic mass is 79.9. The number of anilines is 1. The van der Waals surface area contributed by atoms with Crippen molar-refractivity contribution in [2.24, 2.45) is 7.05 Å². The van der Waals surface area contributed by atoms with Crippen LogP contribution in [0.5, 0.6) is 0 Å². The fourth-order valence-corrected chi connectivity index (χ4v) is 1.54. The summed E-state index contributed by atoms with van der Waals surface area (Å²) in [5.41, 5.74) is 1.03. The Kier molecular flexibility index (Phi) is 2.44. The third-order valence-corrected chi connectivity index (χ3v) is 2.11. The first kappa shape index (κ1) is 9.13. The van der Waals surface area contributed by atoms with Gasteiger partial charge in [0.2, 0.25) is 0 Å². The molecule has 7 nitrogen and oxygen atoms in total. The molecule has 0 aliphatic heterocycles. The van der Waals surface area contributed by atoms with E-state index in [1.807, 2.05) is 13.1 Å². The Balaban J connectivity index is 2.01. The highest BCUT2D eigenvalue weighted by Crippen LogP contribution is 2.10. The highest BCUT2D eigenvalue weighted by molar-refractivity contribution is 9.10. The van der Waals surface area contributed by atoms with E-state index >= 15 is 0 Å². The molecule has 0 saturated heterocycles. The maximum absolute atomic E-state index is 4.14. The van der Waals surface area contributed by atoms with Gasteiger partial charge in [-0.25, -0.2) is 0 Å². The summed E-state index contributed by atoms with van der Waals surface area (Å²) < 4.78 is 2.59. The Bertz CT molecular complexity index is 406. The molecule has 0 fully saturated rings. The van der Waals surface area contributed by atoms with Crippen LogP contribution in [0.15, 0.2) is 10.7 Å². The molecule has 8 heteroatoms. The summed E-state index contributed by atoms with van der Waals surface area (Å²) in [6.07, 6.45) is 0. The smallest absolute Gasteiger partial charge is 0.263 e. The van der Waals surface area contributed by atoms with E-state index in [4.69, 9.17) is 0 Å². The fourth-order valence-electron chi connectivity index (χ4n) is 1.04. The highest BCUT2D eigenvalue weighted by Gasteiger charge is 2.03. The second-order valence-corrected chi connectivity index (χ2v) is 3.48. The Labute approximate surface area is 88.0 Å². The lowest BCUT2D eigenvalue weighted by atomic mass is 10.4. The minimum atomic E-state index is 0.474. The lowest BCUT2D eigenvalue weighted by molar-refractivity contribution is 0.714. The maximum atomic E-state index is 4.14. The molecule has 0 bridgehead atoms. The van der Waals surface area contributed by atoms with Crippen LogP contribution in [0, 0.1) is 0 Å². The molecule has 0 aromatic carbocycles. The topological polar surface area (TPSA) is 84.3 Å². The Morgan fingerprint density at radius 2 is 2.50 bits per heavy atom. The molecule has 0 aliphatic carbocycles. The lowest BCUT2D eigenvalue weighted by Crippen LogP contribution is -2.06. The second kappa shape index (κ2) is 3.74. The van der Waals surface area contributed by atoms with E-state index in [0.717, 1.165) is 10.3 Å². The van der Waals surface area contributed by atoms with Crippen LogP contribution in [-0.4, -0.2) is 30.4 Å². The van der Waals surface area contributed by atoms with Gasteiger partial charge in [0.1, 0.15) is 4.60 Å². The molecule has 14 heavy (non-hydrogen) atoms. The van der Waals surface area contributed by atoms with Crippen molar-refractivity contribution in [3.8, 4) is 0 Å². The fraction of sp³-hybridized carbons (Fsp3) is 0.333. The SMILES string of the molecule is Cn1nc(Br)cc1CNc1nn[nH]n1. The lowest BCUT2D eigenvalue weighted by Gasteiger charge is -2.00. The molecule has 0 unspecified atom stereocenters. The van der Waals surface area contributed by atoms with Crippen LogP contribution in [-0.2, 0) is 13.6 Å². The number of aromatic nitrogens is 6. The molecule has 2 rings (SSSR count). The largest absolute Gasteiger partial charge is 0.346 e. The van der Waals surface area contributed by atoms with Crippen molar-refractivity contribution in [3.63, 3.8) is 0 Å². The number of aromatic amines is 1. The first-order valence-corrected chi connectivity index (χ1v) is 4.71. The molecular formula is C6H8BrN7. The molecule has 0 aliphatic rings. The van der Waals surface area contributed by atoms with Crippen molar-refractivity contribution in [1.29, 1.82) is 0 Å². The third-order valence-electron chi connectivity index (χ3n) is 1.72. The average molecular weight is 258 g/mol. The first-order valence-electron chi connectivity index (χ1n) is 3.91. The monoisotopic (exact) mass is 257 g/mol. The summed E-state index contributed by atoms with van der Waals surface area (Å²) in [7, 11) is 1.87. The number of halogens is 1. The summed E-state index contributed by atoms with van der Waals surface area (Å²) in [4.78, 5) is 0. The molecule has 0 spiro atoms. The summed E-state index contributed by atoms with van der Waals surface area (Å²) in [5.74, 6) is 0.474. The van der Waals surface area contributed by atoms with Crippen molar-refractivity contribution in [2.45, 2.75) is 6.54 Å². The molecule has 0 amide bonds. The second-order valence-electron chi connectivity index (χ2n) is 2.67. The molecule has 2 aromatic rings. The van der Waals surface area contributed by atoms with Crippen molar-refractivity contribution in [2.75, 3.05) is 5.32 Å². The zero-order chi connectivity index (χ0) is 9.97. The third kappa shape index (κ3) is 1.90. The predicted octanol–water partition coefficient (Wildman–Crippen LogP) is 0.308. The normalized spacial score (nSPS) is 10.4. The molecule has 2 aromatic heterocycles. The number of hydrogen-bond acceptors (Lipinski definition) is 5. The van der Waals surface area contributed by atoms with E-state index in [1.165, 1.54) is 0 Å². The van der Waals surface area contributed by atoms with Crippen molar-refractivity contribution in [1.82, 2.24) is 30.4 Å². The van der Waals surface area contributed by atoms with Crippen LogP contribution in [0.1, 0.15) is 5.69 Å². The van der Waals surface area contributed by atoms with Crippen molar-refractivity contribution >= 4 is 21.9 Å². The van der Waals surface area contributed by atoms with Crippen molar-refractivity contribution < 1.29 is 0 Å². The van der Waals surface area contributed by atoms with Crippen LogP contribution >= 0.6 is 15.9 Å². The number of nitrogens with one attached hydrogen (secondary N) is 2. The van der Waals surface area contributed by atoms with Gasteiger partial charge in [-0.15, -0.1) is 5.10 Å². The van der Waals surface area contributed by atoms with E-state index in [0.29, 0.717) is 12.5 Å². The number of aryl methyl sites for hydroxylation is 1. The first-order chi connectivity index (χ1) is 6.75. The molecule has 0 atom stereocenters. The van der Waals surface area contributed by atoms with Gasteiger partial charge in [0.15, 0.2) is 0 Å². The molecule has 0 radical (unpaired) electrons. The van der Waals surface area contributed by atoms with E-state index in [1.54, 1.807) is 4.68 Å². The van der Waals surface area contributed by atoms with Gasteiger partial charge in [-0.1, -0.05) is 5.10 Å². The summed E-state index contributed by atoms with van der Waals surface area (Å²) in [6, 6.07) is 1.92. The van der Waals surface area contributed by atoms with E-state index in [2.05, 4.69) is 47.0 Å². The van der Waals surface area contributed by atoms with Crippen LogP contribution in [0.25, 0.3) is 0 Å². The summed E-state index contributed by atoms with van der Waals surface area (Å²) in [6.45, 7) is 0.606. The van der Waals surface area contributed by atoms with E-state index in [-0.39, 0.29) is 0 Å². The standard InChI is InChI=1S/C6H8BrN7/c1-14-4(2-5(7)11-14)3-8-6-9-12-13-10-6/h2H,3H2,1H3,(H2,8,9,10,12,13). The maximum Gasteiger partial charge on any atom is 0.263 e. The average Bonchev–Trinajstić information content (AvgIpc) is 2.72. The molecule has 2 N–H and O–H groups in total. The van der Waals surface area contributed by atoms with Gasteiger partial charge in [-0.3, -0.25) is 4.68 Å². The number of tetrazole rings is 1. The van der Waals surface area contributed by atoms with Gasteiger partial charge < -0.3 is 5.32 Å². The van der Waals surface area contributed by atoms with Gasteiger partial charge in [-0.05, 0) is 27.2 Å². The van der Waals surface area contributed by atoms with Gasteiger partial charge in [0.25, 0.3) is 5.95 Å². The van der Waals surface area contributed by atoms with Gasteiger partial charge in [-0.2, -0.15) is 10.3 Å². The van der Waals surface area contributed by atoms with Gasteiger partial charge >= 0.3 is 0 Å². The number of rotatable bonds is 3. The number of hydrogen-bond donors (Lipinski definition) is 2. The van der Waals surface area contributed by atoms with Crippen molar-refractivity contribution in [3.05, 3.63) is 16.4 Å². The predicted molar refractivity (Wildman–Crippen MR) is 52.4 cm³/mol. The zero-order valence-electron chi connectivity index (χ0n) is 7.40. The zero-order valence-corrected chi connectivity index (χ0v) is 8.98. The minimum Gasteiger partial charge on any atom is -0.346 e. The van der Waals surface area contributed by atoms with Crippen LogP contribution in [0.3, 0.4) is 0 Å². The van der Waals surface area contributed by atoms with Crippen LogP contribution in [0.4, 0.5) is 5.95 Å². The minimum absolute atomic E-state index is 0.474. The molecular weight excluding hydrogens is 250 g/mol. The Morgan fingerprint density at radius 3 is 3.07 bits per heavy atom. The quantitative estimate of drug-likeness (QED) is 0.827. The van der Waals surface area contributed by atoms with E-state index in [9.17, 15) is 0 Å². The van der Waals surface area contributed by atoms with Crippen LogP contribution < -0.4 is 5.32 Å². The molecule has 0 saturated carbocycles. The Morgan fingerprint density at radius 1 is 1.64 bits per heavy atom. The van der Waals surface area contributed by atoms with Gasteiger partial charge in [0, 0.05) is 7.05 Å². The molecule has 2 heterocycles. The summed E-state index contributed by atoms with van der Waals surface area (Å²) in [5, 5.41) is 20.5. The van der Waals surface area contributed by atoms with Crippen LogP contribution in [0.2, 0.25) is 0 Å². The molecule has 74 valence electrons. The Hall–Kier alpha value is -1.44. The number of H-pyrrole nitrogens is 1. The number of nitrogens with zero attached hydrogens (tertiary/aromatic N) is 5. The van der Waals surface area contributed by atoms with E-state index < -0.39 is 0 Å².